The second kappa shape index (κ2) is 7.11. The van der Waals surface area contributed by atoms with Crippen molar-refractivity contribution >= 4 is 31.6 Å². The molecule has 3 rings (SSSR count). The molecule has 0 aliphatic carbocycles. The number of rotatable bonds is 6. The Bertz CT molecular complexity index is 1040. The number of hydrogen-bond donors (Lipinski definition) is 1. The minimum atomic E-state index is -3.61. The summed E-state index contributed by atoms with van der Waals surface area (Å²) in [6.45, 7) is 1.86. The molecule has 0 radical (unpaired) electrons. The fourth-order valence-corrected chi connectivity index (χ4v) is 5.00. The monoisotopic (exact) mass is 376 g/mol. The number of sulfonamides is 1. The summed E-state index contributed by atoms with van der Waals surface area (Å²) in [5.74, 6) is 0. The highest BCUT2D eigenvalue weighted by atomic mass is 32.2. The molecule has 1 N–H and O–H groups in total. The van der Waals surface area contributed by atoms with Crippen LogP contribution in [0.4, 0.5) is 0 Å². The van der Waals surface area contributed by atoms with E-state index in [4.69, 9.17) is 0 Å². The van der Waals surface area contributed by atoms with Crippen molar-refractivity contribution in [2.24, 2.45) is 7.05 Å². The van der Waals surface area contributed by atoms with E-state index in [-0.39, 0.29) is 15.8 Å². The SMILES string of the molecule is C[C@@H](CCc1ccccc1)NS(=O)(=O)c1ccc2c(c1)sc(=O)n2C. The zero-order chi connectivity index (χ0) is 18.0. The normalized spacial score (nSPS) is 13.2. The zero-order valence-corrected chi connectivity index (χ0v) is 15.7. The summed E-state index contributed by atoms with van der Waals surface area (Å²) in [5, 5.41) is 0. The highest BCUT2D eigenvalue weighted by molar-refractivity contribution is 7.89. The van der Waals surface area contributed by atoms with Crippen molar-refractivity contribution < 1.29 is 8.42 Å². The molecule has 2 aromatic carbocycles. The number of thiazole rings is 1. The summed E-state index contributed by atoms with van der Waals surface area (Å²) < 4.78 is 30.1. The molecular weight excluding hydrogens is 356 g/mol. The molecule has 132 valence electrons. The highest BCUT2D eigenvalue weighted by Gasteiger charge is 2.18. The lowest BCUT2D eigenvalue weighted by atomic mass is 10.1. The van der Waals surface area contributed by atoms with Gasteiger partial charge in [0.2, 0.25) is 10.0 Å². The number of nitrogens with zero attached hydrogens (tertiary/aromatic N) is 1. The van der Waals surface area contributed by atoms with E-state index >= 15 is 0 Å². The number of benzene rings is 2. The lowest BCUT2D eigenvalue weighted by Crippen LogP contribution is -2.32. The van der Waals surface area contributed by atoms with E-state index in [1.165, 1.54) is 10.1 Å². The van der Waals surface area contributed by atoms with Crippen molar-refractivity contribution in [1.82, 2.24) is 9.29 Å². The van der Waals surface area contributed by atoms with Crippen molar-refractivity contribution in [2.75, 3.05) is 0 Å². The van der Waals surface area contributed by atoms with Crippen LogP contribution >= 0.6 is 11.3 Å². The molecule has 1 atom stereocenters. The summed E-state index contributed by atoms with van der Waals surface area (Å²) in [5.41, 5.74) is 1.93. The van der Waals surface area contributed by atoms with Gasteiger partial charge in [0.25, 0.3) is 0 Å². The van der Waals surface area contributed by atoms with Gasteiger partial charge in [-0.05, 0) is 43.5 Å². The molecule has 1 aromatic heterocycles. The van der Waals surface area contributed by atoms with Gasteiger partial charge in [-0.15, -0.1) is 0 Å². The van der Waals surface area contributed by atoms with Crippen molar-refractivity contribution in [3.8, 4) is 0 Å². The first kappa shape index (κ1) is 17.8. The Morgan fingerprint density at radius 3 is 2.60 bits per heavy atom. The van der Waals surface area contributed by atoms with Crippen LogP contribution in [0, 0.1) is 0 Å². The summed E-state index contributed by atoms with van der Waals surface area (Å²) in [6, 6.07) is 14.6. The maximum Gasteiger partial charge on any atom is 0.307 e. The molecule has 25 heavy (non-hydrogen) atoms. The van der Waals surface area contributed by atoms with Gasteiger partial charge >= 0.3 is 4.87 Å². The quantitative estimate of drug-likeness (QED) is 0.719. The van der Waals surface area contributed by atoms with Gasteiger partial charge in [0, 0.05) is 13.1 Å². The molecule has 3 aromatic rings. The average molecular weight is 377 g/mol. The minimum Gasteiger partial charge on any atom is -0.302 e. The molecule has 0 aliphatic rings. The van der Waals surface area contributed by atoms with Gasteiger partial charge in [0.15, 0.2) is 0 Å². The Kier molecular flexibility index (Phi) is 5.08. The molecule has 0 saturated carbocycles. The highest BCUT2D eigenvalue weighted by Crippen LogP contribution is 2.21. The smallest absolute Gasteiger partial charge is 0.302 e. The maximum atomic E-state index is 12.6. The molecular formula is C18H20N2O3S2. The molecule has 0 spiro atoms. The number of fused-ring (bicyclic) bond motifs is 1. The first-order valence-corrected chi connectivity index (χ1v) is 10.3. The molecule has 0 amide bonds. The fourth-order valence-electron chi connectivity index (χ4n) is 2.70. The standard InChI is InChI=1S/C18H20N2O3S2/c1-13(8-9-14-6-4-3-5-7-14)19-25(22,23)15-10-11-16-17(12-15)24-18(21)20(16)2/h3-7,10-13,19H,8-9H2,1-2H3/t13-/m0/s1. The van der Waals surface area contributed by atoms with E-state index < -0.39 is 10.0 Å². The van der Waals surface area contributed by atoms with Crippen molar-refractivity contribution in [3.63, 3.8) is 0 Å². The third-order valence-electron chi connectivity index (χ3n) is 4.14. The van der Waals surface area contributed by atoms with Crippen LogP contribution in [-0.4, -0.2) is 19.0 Å². The van der Waals surface area contributed by atoms with Crippen LogP contribution in [0.1, 0.15) is 18.9 Å². The van der Waals surface area contributed by atoms with Crippen molar-refractivity contribution in [2.45, 2.75) is 30.7 Å². The molecule has 0 aliphatic heterocycles. The first-order chi connectivity index (χ1) is 11.9. The van der Waals surface area contributed by atoms with Gasteiger partial charge in [0.05, 0.1) is 15.1 Å². The maximum absolute atomic E-state index is 12.6. The summed E-state index contributed by atoms with van der Waals surface area (Å²) in [4.78, 5) is 11.8. The van der Waals surface area contributed by atoms with Gasteiger partial charge < -0.3 is 4.57 Å². The number of aryl methyl sites for hydroxylation is 2. The molecule has 1 heterocycles. The van der Waals surface area contributed by atoms with Crippen LogP contribution in [0.15, 0.2) is 58.2 Å². The lowest BCUT2D eigenvalue weighted by Gasteiger charge is -2.14. The number of nitrogens with one attached hydrogen (secondary N) is 1. The van der Waals surface area contributed by atoms with E-state index in [9.17, 15) is 13.2 Å². The van der Waals surface area contributed by atoms with E-state index in [0.29, 0.717) is 11.1 Å². The summed E-state index contributed by atoms with van der Waals surface area (Å²) in [7, 11) is -1.93. The van der Waals surface area contributed by atoms with Crippen LogP contribution in [-0.2, 0) is 23.5 Å². The molecule has 5 nitrogen and oxygen atoms in total. The summed E-state index contributed by atoms with van der Waals surface area (Å²) in [6.07, 6.45) is 1.52. The molecule has 0 bridgehead atoms. The topological polar surface area (TPSA) is 68.2 Å². The second-order valence-electron chi connectivity index (χ2n) is 6.10. The van der Waals surface area contributed by atoms with E-state index in [2.05, 4.69) is 4.72 Å². The molecule has 0 unspecified atom stereocenters. The number of hydrogen-bond acceptors (Lipinski definition) is 4. The molecule has 0 fully saturated rings. The number of aromatic nitrogens is 1. The van der Waals surface area contributed by atoms with Gasteiger partial charge in [-0.1, -0.05) is 41.7 Å². The van der Waals surface area contributed by atoms with E-state index in [0.717, 1.165) is 23.3 Å². The average Bonchev–Trinajstić information content (AvgIpc) is 2.87. The Balaban J connectivity index is 1.73. The Morgan fingerprint density at radius 2 is 1.88 bits per heavy atom. The van der Waals surface area contributed by atoms with Crippen molar-refractivity contribution in [1.29, 1.82) is 0 Å². The Labute approximate surface area is 151 Å². The molecule has 0 saturated heterocycles. The van der Waals surface area contributed by atoms with Gasteiger partial charge in [-0.25, -0.2) is 13.1 Å². The lowest BCUT2D eigenvalue weighted by molar-refractivity contribution is 0.547. The van der Waals surface area contributed by atoms with Crippen LogP contribution in [0.5, 0.6) is 0 Å². The van der Waals surface area contributed by atoms with Crippen LogP contribution < -0.4 is 9.60 Å². The Morgan fingerprint density at radius 1 is 1.16 bits per heavy atom. The minimum absolute atomic E-state index is 0.103. The Hall–Kier alpha value is -1.96. The molecule has 7 heteroatoms. The van der Waals surface area contributed by atoms with Crippen LogP contribution in [0.2, 0.25) is 0 Å². The third-order valence-corrected chi connectivity index (χ3v) is 6.72. The predicted molar refractivity (Wildman–Crippen MR) is 102 cm³/mol. The van der Waals surface area contributed by atoms with Gasteiger partial charge in [-0.2, -0.15) is 0 Å². The van der Waals surface area contributed by atoms with E-state index in [1.54, 1.807) is 25.2 Å². The van der Waals surface area contributed by atoms with E-state index in [1.807, 2.05) is 37.3 Å². The van der Waals surface area contributed by atoms with Gasteiger partial charge in [-0.3, -0.25) is 4.79 Å². The second-order valence-corrected chi connectivity index (χ2v) is 8.81. The predicted octanol–water partition coefficient (Wildman–Crippen LogP) is 2.90. The largest absolute Gasteiger partial charge is 0.307 e. The third kappa shape index (κ3) is 4.00. The van der Waals surface area contributed by atoms with Crippen LogP contribution in [0.25, 0.3) is 10.2 Å². The van der Waals surface area contributed by atoms with Crippen LogP contribution in [0.3, 0.4) is 0 Å². The first-order valence-electron chi connectivity index (χ1n) is 8.02. The van der Waals surface area contributed by atoms with Gasteiger partial charge in [0.1, 0.15) is 0 Å². The summed E-state index contributed by atoms with van der Waals surface area (Å²) >= 11 is 1.05. The fraction of sp³-hybridized carbons (Fsp3) is 0.278. The zero-order valence-electron chi connectivity index (χ0n) is 14.1. The van der Waals surface area contributed by atoms with Crippen molar-refractivity contribution in [3.05, 3.63) is 63.8 Å².